The van der Waals surface area contributed by atoms with Crippen LogP contribution in [-0.2, 0) is 4.79 Å². The minimum Gasteiger partial charge on any atom is -0.325 e. The second-order valence-electron chi connectivity index (χ2n) is 5.76. The van der Waals surface area contributed by atoms with Crippen LogP contribution in [0.3, 0.4) is 0 Å². The van der Waals surface area contributed by atoms with Crippen LogP contribution >= 0.6 is 0 Å². The molecular weight excluding hydrogens is 328 g/mol. The summed E-state index contributed by atoms with van der Waals surface area (Å²) >= 11 is 0. The maximum Gasteiger partial charge on any atom is 0.274 e. The molecule has 0 fully saturated rings. The molecule has 0 radical (unpaired) electrons. The number of benzene rings is 3. The molecular formula is C21H18N2O3. The van der Waals surface area contributed by atoms with Gasteiger partial charge in [0.25, 0.3) is 5.91 Å². The zero-order chi connectivity index (χ0) is 18.4. The Morgan fingerprint density at radius 2 is 1.23 bits per heavy atom. The maximum atomic E-state index is 13.0. The molecule has 0 spiro atoms. The van der Waals surface area contributed by atoms with E-state index in [0.29, 0.717) is 11.3 Å². The summed E-state index contributed by atoms with van der Waals surface area (Å²) in [4.78, 5) is 24.3. The fourth-order valence-electron chi connectivity index (χ4n) is 2.77. The zero-order valence-corrected chi connectivity index (χ0v) is 13.9. The quantitative estimate of drug-likeness (QED) is 0.488. The molecule has 0 aromatic heterocycles. The Hall–Kier alpha value is -3.44. The van der Waals surface area contributed by atoms with Crippen molar-refractivity contribution in [3.05, 3.63) is 102 Å². The highest BCUT2D eigenvalue weighted by atomic mass is 16.5. The van der Waals surface area contributed by atoms with Gasteiger partial charge in [-0.3, -0.25) is 14.8 Å². The van der Waals surface area contributed by atoms with E-state index in [-0.39, 0.29) is 5.91 Å². The Balaban J connectivity index is 1.85. The van der Waals surface area contributed by atoms with Gasteiger partial charge in [0.1, 0.15) is 0 Å². The van der Waals surface area contributed by atoms with Gasteiger partial charge < -0.3 is 5.32 Å². The zero-order valence-electron chi connectivity index (χ0n) is 13.9. The molecule has 0 atom stereocenters. The van der Waals surface area contributed by atoms with Gasteiger partial charge >= 0.3 is 0 Å². The van der Waals surface area contributed by atoms with E-state index in [2.05, 4.69) is 5.32 Å². The van der Waals surface area contributed by atoms with Crippen LogP contribution < -0.4 is 10.8 Å². The highest BCUT2D eigenvalue weighted by Gasteiger charge is 2.22. The van der Waals surface area contributed by atoms with Crippen molar-refractivity contribution in [1.82, 2.24) is 5.48 Å². The normalized spacial score (nSPS) is 10.4. The number of carbonyl (C=O) groups excluding carboxylic acids is 2. The highest BCUT2D eigenvalue weighted by Crippen LogP contribution is 2.26. The molecule has 0 unspecified atom stereocenters. The van der Waals surface area contributed by atoms with Crippen LogP contribution in [0.25, 0.3) is 0 Å². The van der Waals surface area contributed by atoms with Gasteiger partial charge in [0.2, 0.25) is 5.91 Å². The van der Waals surface area contributed by atoms with Crippen molar-refractivity contribution < 1.29 is 14.8 Å². The van der Waals surface area contributed by atoms with Gasteiger partial charge in [-0.2, -0.15) is 0 Å². The summed E-state index contributed by atoms with van der Waals surface area (Å²) in [5.41, 5.74) is 4.24. The van der Waals surface area contributed by atoms with Gasteiger partial charge in [-0.05, 0) is 35.4 Å². The van der Waals surface area contributed by atoms with Gasteiger partial charge in [-0.15, -0.1) is 0 Å². The Labute approximate surface area is 151 Å². The topological polar surface area (TPSA) is 78.4 Å². The Bertz CT molecular complexity index is 839. The molecule has 130 valence electrons. The van der Waals surface area contributed by atoms with Crippen molar-refractivity contribution in [3.8, 4) is 0 Å². The standard InChI is InChI=1S/C21H18N2O3/c24-20(23-26)17-11-13-18(14-12-17)22-21(25)19(15-7-3-1-4-8-15)16-9-5-2-6-10-16/h1-14,19,26H,(H,22,25)(H,23,24). The van der Waals surface area contributed by atoms with Crippen LogP contribution in [0.1, 0.15) is 27.4 Å². The largest absolute Gasteiger partial charge is 0.325 e. The monoisotopic (exact) mass is 346 g/mol. The van der Waals surface area contributed by atoms with Gasteiger partial charge in [-0.25, -0.2) is 5.48 Å². The Kier molecular flexibility index (Phi) is 5.41. The second kappa shape index (κ2) is 8.09. The lowest BCUT2D eigenvalue weighted by atomic mass is 9.90. The van der Waals surface area contributed by atoms with E-state index in [9.17, 15) is 9.59 Å². The van der Waals surface area contributed by atoms with E-state index in [0.717, 1.165) is 11.1 Å². The first-order valence-corrected chi connectivity index (χ1v) is 8.14. The summed E-state index contributed by atoms with van der Waals surface area (Å²) in [5, 5.41) is 11.5. The molecule has 5 nitrogen and oxygen atoms in total. The predicted molar refractivity (Wildman–Crippen MR) is 99.1 cm³/mol. The average molecular weight is 346 g/mol. The molecule has 2 amide bonds. The van der Waals surface area contributed by atoms with Crippen molar-refractivity contribution in [2.45, 2.75) is 5.92 Å². The third-order valence-corrected chi connectivity index (χ3v) is 4.04. The summed E-state index contributed by atoms with van der Waals surface area (Å²) in [6.07, 6.45) is 0. The van der Waals surface area contributed by atoms with Crippen molar-refractivity contribution in [3.63, 3.8) is 0 Å². The molecule has 3 aromatic rings. The summed E-state index contributed by atoms with van der Waals surface area (Å²) in [7, 11) is 0. The van der Waals surface area contributed by atoms with E-state index in [4.69, 9.17) is 5.21 Å². The number of rotatable bonds is 5. The first kappa shape index (κ1) is 17.4. The molecule has 0 aliphatic carbocycles. The predicted octanol–water partition coefficient (Wildman–Crippen LogP) is 3.58. The summed E-state index contributed by atoms with van der Waals surface area (Å²) in [5.74, 6) is -1.21. The van der Waals surface area contributed by atoms with Gasteiger partial charge in [0.15, 0.2) is 0 Å². The lowest BCUT2D eigenvalue weighted by molar-refractivity contribution is -0.116. The average Bonchev–Trinajstić information content (AvgIpc) is 2.70. The van der Waals surface area contributed by atoms with Gasteiger partial charge in [0, 0.05) is 11.3 Å². The van der Waals surface area contributed by atoms with E-state index in [1.807, 2.05) is 60.7 Å². The van der Waals surface area contributed by atoms with Crippen LogP contribution in [0.4, 0.5) is 5.69 Å². The van der Waals surface area contributed by atoms with E-state index in [1.165, 1.54) is 12.1 Å². The maximum absolute atomic E-state index is 13.0. The first-order valence-electron chi connectivity index (χ1n) is 8.14. The SMILES string of the molecule is O=C(NO)c1ccc(NC(=O)C(c2ccccc2)c2ccccc2)cc1. The molecule has 0 saturated carbocycles. The van der Waals surface area contributed by atoms with Crippen molar-refractivity contribution >= 4 is 17.5 Å². The van der Waals surface area contributed by atoms with Gasteiger partial charge in [-0.1, -0.05) is 60.7 Å². The minimum atomic E-state index is -0.602. The molecule has 0 bridgehead atoms. The van der Waals surface area contributed by atoms with Crippen molar-refractivity contribution in [2.75, 3.05) is 5.32 Å². The van der Waals surface area contributed by atoms with Crippen LogP contribution in [0.15, 0.2) is 84.9 Å². The fourth-order valence-corrected chi connectivity index (χ4v) is 2.77. The number of amides is 2. The summed E-state index contributed by atoms with van der Waals surface area (Å²) in [6, 6.07) is 25.4. The van der Waals surface area contributed by atoms with Crippen molar-refractivity contribution in [2.24, 2.45) is 0 Å². The first-order chi connectivity index (χ1) is 12.7. The number of anilines is 1. The minimum absolute atomic E-state index is 0.165. The Morgan fingerprint density at radius 1 is 0.731 bits per heavy atom. The van der Waals surface area contributed by atoms with Crippen molar-refractivity contribution in [1.29, 1.82) is 0 Å². The molecule has 0 heterocycles. The van der Waals surface area contributed by atoms with Gasteiger partial charge in [0.05, 0.1) is 5.92 Å². The smallest absolute Gasteiger partial charge is 0.274 e. The number of hydroxylamine groups is 1. The number of nitrogens with one attached hydrogen (secondary N) is 2. The molecule has 3 rings (SSSR count). The molecule has 0 aliphatic heterocycles. The lowest BCUT2D eigenvalue weighted by Crippen LogP contribution is -2.22. The molecule has 3 aromatic carbocycles. The van der Waals surface area contributed by atoms with E-state index >= 15 is 0 Å². The molecule has 3 N–H and O–H groups in total. The summed E-state index contributed by atoms with van der Waals surface area (Å²) in [6.45, 7) is 0. The lowest BCUT2D eigenvalue weighted by Gasteiger charge is -2.18. The van der Waals surface area contributed by atoms with Crippen LogP contribution in [0.2, 0.25) is 0 Å². The molecule has 0 aliphatic rings. The van der Waals surface area contributed by atoms with Crippen LogP contribution in [-0.4, -0.2) is 17.0 Å². The Morgan fingerprint density at radius 3 is 1.69 bits per heavy atom. The van der Waals surface area contributed by atoms with E-state index < -0.39 is 11.8 Å². The third-order valence-electron chi connectivity index (χ3n) is 4.04. The fraction of sp³-hybridized carbons (Fsp3) is 0.0476. The van der Waals surface area contributed by atoms with Crippen LogP contribution in [0.5, 0.6) is 0 Å². The summed E-state index contributed by atoms with van der Waals surface area (Å²) < 4.78 is 0. The number of hydrogen-bond donors (Lipinski definition) is 3. The molecule has 26 heavy (non-hydrogen) atoms. The number of hydrogen-bond acceptors (Lipinski definition) is 3. The molecule has 0 saturated heterocycles. The molecule has 5 heteroatoms. The van der Waals surface area contributed by atoms with Crippen LogP contribution in [0, 0.1) is 0 Å². The van der Waals surface area contributed by atoms with E-state index in [1.54, 1.807) is 17.6 Å². The third kappa shape index (κ3) is 3.96. The number of carbonyl (C=O) groups is 2. The highest BCUT2D eigenvalue weighted by molar-refractivity contribution is 5.99. The second-order valence-corrected chi connectivity index (χ2v) is 5.76.